The second-order valence-electron chi connectivity index (χ2n) is 30.6. The minimum absolute atomic E-state index is 0.0187. The first-order valence-corrected chi connectivity index (χ1v) is 35.4. The van der Waals surface area contributed by atoms with E-state index in [1.54, 1.807) is 0 Å². The second kappa shape index (κ2) is 21.9. The van der Waals surface area contributed by atoms with Gasteiger partial charge in [-0.3, -0.25) is 0 Å². The summed E-state index contributed by atoms with van der Waals surface area (Å²) in [5.74, 6) is 3.21. The maximum Gasteiger partial charge on any atom is 0.258 e. The SMILES string of the molecule is CC(C)(C)c1ccc(N(c2ccc(C(C)(C)C)cc2)c2cc3c4c(c2)N(c2ccccc2)c2sc5ccccc5c2B4c2cc4c(cc2O3)Oc2cc(N(c3ccc(C(C)(C)C)cc3)c3ccc(C(C)(C)C)cc3)cc3c2B4c2c(sc4ccccc24)N3c2ccccc2)cc1. The highest BCUT2D eigenvalue weighted by Crippen LogP contribution is 2.53. The number of rotatable bonds is 8. The molecule has 4 aliphatic rings. The Morgan fingerprint density at radius 2 is 0.615 bits per heavy atom. The number of thiophene rings is 2. The standard InChI is InChI=1S/C86H76B2N4O2S2/c1-83(2,3)53-31-39-59(40-32-53)89(60-41-33-54(34-42-60)84(4,5)6)63-47-69-79-73(49-63)93-71-52-72-68(51-67(71)87(79)77-65-27-19-21-29-75(65)95-81(77)91(69)57-23-15-13-16-24-57)88-78-66-28-20-22-30-76(66)96-82(78)92(58-25-17-14-18-26-58)70-48-64(50-74(94-72)80(70)88)90(61-43-35-55(36-44-61)85(7,8)9)62-45-37-56(38-46-62)86(10,11)12/h13-52H,1-12H3. The lowest BCUT2D eigenvalue weighted by Gasteiger charge is -2.42. The molecule has 0 N–H and O–H groups in total. The molecule has 470 valence electrons. The number of para-hydroxylation sites is 2. The van der Waals surface area contributed by atoms with Crippen molar-refractivity contribution in [3.8, 4) is 23.0 Å². The van der Waals surface area contributed by atoms with Crippen LogP contribution in [0.2, 0.25) is 0 Å². The average Bonchev–Trinajstić information content (AvgIpc) is 1.28. The molecule has 4 aliphatic heterocycles. The van der Waals surface area contributed by atoms with Crippen LogP contribution in [0.5, 0.6) is 23.0 Å². The summed E-state index contributed by atoms with van der Waals surface area (Å²) in [6, 6.07) is 90.8. The van der Waals surface area contributed by atoms with E-state index in [-0.39, 0.29) is 35.1 Å². The molecule has 0 radical (unpaired) electrons. The van der Waals surface area contributed by atoms with Crippen LogP contribution in [-0.4, -0.2) is 13.4 Å². The van der Waals surface area contributed by atoms with Gasteiger partial charge in [-0.05, 0) is 185 Å². The maximum absolute atomic E-state index is 7.76. The van der Waals surface area contributed by atoms with Gasteiger partial charge in [0.15, 0.2) is 0 Å². The Hall–Kier alpha value is -9.73. The molecule has 2 aromatic heterocycles. The number of hydrogen-bond acceptors (Lipinski definition) is 8. The van der Waals surface area contributed by atoms with E-state index in [1.807, 2.05) is 22.7 Å². The van der Waals surface area contributed by atoms with Crippen LogP contribution in [0.4, 0.5) is 66.9 Å². The third-order valence-electron chi connectivity index (χ3n) is 20.2. The van der Waals surface area contributed by atoms with Gasteiger partial charge in [-0.2, -0.15) is 0 Å². The topological polar surface area (TPSA) is 31.4 Å². The molecule has 10 heteroatoms. The lowest BCUT2D eigenvalue weighted by atomic mass is 9.31. The number of fused-ring (bicyclic) bond motifs is 12. The highest BCUT2D eigenvalue weighted by molar-refractivity contribution is 7.27. The third-order valence-corrected chi connectivity index (χ3v) is 22.5. The summed E-state index contributed by atoms with van der Waals surface area (Å²) in [6.07, 6.45) is 0. The number of ether oxygens (including phenoxy) is 2. The summed E-state index contributed by atoms with van der Waals surface area (Å²) >= 11 is 3.75. The first-order chi connectivity index (χ1) is 46.1. The van der Waals surface area contributed by atoms with Gasteiger partial charge in [0.1, 0.15) is 23.0 Å². The van der Waals surface area contributed by atoms with Gasteiger partial charge in [0, 0.05) is 73.1 Å². The Morgan fingerprint density at radius 1 is 0.302 bits per heavy atom. The summed E-state index contributed by atoms with van der Waals surface area (Å²) in [7, 11) is 0. The molecule has 6 nitrogen and oxygen atoms in total. The fraction of sp³-hybridized carbons (Fsp3) is 0.186. The molecule has 0 bridgehead atoms. The van der Waals surface area contributed by atoms with Crippen LogP contribution >= 0.6 is 22.7 Å². The molecule has 0 saturated carbocycles. The van der Waals surface area contributed by atoms with E-state index in [9.17, 15) is 0 Å². The molecule has 0 atom stereocenters. The zero-order valence-corrected chi connectivity index (χ0v) is 58.3. The lowest BCUT2D eigenvalue weighted by Crippen LogP contribution is -2.63. The van der Waals surface area contributed by atoms with Crippen LogP contribution < -0.4 is 61.9 Å². The van der Waals surface area contributed by atoms with Gasteiger partial charge in [-0.25, -0.2) is 0 Å². The van der Waals surface area contributed by atoms with Crippen molar-refractivity contribution in [3.63, 3.8) is 0 Å². The quantitative estimate of drug-likeness (QED) is 0.141. The lowest BCUT2D eigenvalue weighted by molar-refractivity contribution is 0.466. The van der Waals surface area contributed by atoms with Gasteiger partial charge in [0.25, 0.3) is 13.4 Å². The van der Waals surface area contributed by atoms with Gasteiger partial charge in [-0.1, -0.05) is 210 Å². The molecular weight excluding hydrogens is 1210 g/mol. The van der Waals surface area contributed by atoms with Crippen molar-refractivity contribution in [2.24, 2.45) is 0 Å². The van der Waals surface area contributed by atoms with E-state index in [2.05, 4.69) is 345 Å². The summed E-state index contributed by atoms with van der Waals surface area (Å²) < 4.78 is 18.0. The summed E-state index contributed by atoms with van der Waals surface area (Å²) in [5.41, 5.74) is 22.8. The van der Waals surface area contributed by atoms with Crippen LogP contribution in [0.1, 0.15) is 105 Å². The van der Waals surface area contributed by atoms with E-state index in [0.717, 1.165) is 102 Å². The van der Waals surface area contributed by atoms with Crippen molar-refractivity contribution < 1.29 is 9.47 Å². The maximum atomic E-state index is 7.76. The minimum Gasteiger partial charge on any atom is -0.458 e. The summed E-state index contributed by atoms with van der Waals surface area (Å²) in [5, 5.41) is 4.90. The number of benzene rings is 11. The Balaban J connectivity index is 0.915. The van der Waals surface area contributed by atoms with Crippen LogP contribution in [-0.2, 0) is 21.7 Å². The van der Waals surface area contributed by atoms with E-state index in [4.69, 9.17) is 9.47 Å². The Labute approximate surface area is 573 Å². The van der Waals surface area contributed by atoms with Crippen molar-refractivity contribution >= 4 is 156 Å². The average molecular weight is 1280 g/mol. The zero-order valence-electron chi connectivity index (χ0n) is 56.7. The molecule has 0 fully saturated rings. The van der Waals surface area contributed by atoms with Crippen LogP contribution in [0.3, 0.4) is 0 Å². The third kappa shape index (κ3) is 9.79. The molecule has 0 saturated heterocycles. The van der Waals surface area contributed by atoms with E-state index in [0.29, 0.717) is 0 Å². The normalized spacial score (nSPS) is 13.7. The van der Waals surface area contributed by atoms with Gasteiger partial charge < -0.3 is 29.1 Å². The summed E-state index contributed by atoms with van der Waals surface area (Å²) in [4.78, 5) is 9.87. The van der Waals surface area contributed by atoms with Gasteiger partial charge >= 0.3 is 0 Å². The highest BCUT2D eigenvalue weighted by atomic mass is 32.1. The van der Waals surface area contributed by atoms with Crippen molar-refractivity contribution in [3.05, 3.63) is 265 Å². The fourth-order valence-corrected chi connectivity index (χ4v) is 17.7. The second-order valence-corrected chi connectivity index (χ2v) is 32.6. The molecule has 6 heterocycles. The van der Waals surface area contributed by atoms with E-state index in [1.165, 1.54) is 63.4 Å². The number of nitrogens with zero attached hydrogens (tertiary/aromatic N) is 4. The molecule has 17 rings (SSSR count). The predicted octanol–water partition coefficient (Wildman–Crippen LogP) is 21.1. The number of hydrogen-bond donors (Lipinski definition) is 0. The molecule has 96 heavy (non-hydrogen) atoms. The molecular formula is C86H76B2N4O2S2. The highest BCUT2D eigenvalue weighted by Gasteiger charge is 2.49. The Bertz CT molecular complexity index is 4790. The monoisotopic (exact) mass is 1280 g/mol. The van der Waals surface area contributed by atoms with Crippen LogP contribution in [0, 0.1) is 0 Å². The van der Waals surface area contributed by atoms with Crippen molar-refractivity contribution in [1.29, 1.82) is 0 Å². The summed E-state index contributed by atoms with van der Waals surface area (Å²) in [6.45, 7) is 27.0. The Kier molecular flexibility index (Phi) is 13.7. The predicted molar refractivity (Wildman–Crippen MR) is 413 cm³/mol. The largest absolute Gasteiger partial charge is 0.458 e. The minimum atomic E-state index is -0.205. The molecule has 0 aliphatic carbocycles. The smallest absolute Gasteiger partial charge is 0.258 e. The first kappa shape index (κ1) is 60.0. The first-order valence-electron chi connectivity index (χ1n) is 33.8. The van der Waals surface area contributed by atoms with Crippen molar-refractivity contribution in [2.75, 3.05) is 19.6 Å². The molecule has 0 unspecified atom stereocenters. The van der Waals surface area contributed by atoms with Crippen LogP contribution in [0.25, 0.3) is 20.2 Å². The van der Waals surface area contributed by atoms with Gasteiger partial charge in [0.2, 0.25) is 0 Å². The van der Waals surface area contributed by atoms with E-state index >= 15 is 0 Å². The number of anilines is 12. The molecule has 0 spiro atoms. The van der Waals surface area contributed by atoms with Crippen LogP contribution in [0.15, 0.2) is 243 Å². The van der Waals surface area contributed by atoms with Gasteiger partial charge in [-0.15, -0.1) is 22.7 Å². The Morgan fingerprint density at radius 3 is 0.938 bits per heavy atom. The van der Waals surface area contributed by atoms with Crippen molar-refractivity contribution in [1.82, 2.24) is 0 Å². The molecule has 13 aromatic rings. The molecule has 0 amide bonds. The van der Waals surface area contributed by atoms with E-state index < -0.39 is 0 Å². The van der Waals surface area contributed by atoms with Crippen molar-refractivity contribution in [2.45, 2.75) is 105 Å². The fourth-order valence-electron chi connectivity index (χ4n) is 15.2. The zero-order chi connectivity index (χ0) is 65.9. The molecule has 11 aromatic carbocycles. The van der Waals surface area contributed by atoms with Gasteiger partial charge in [0.05, 0.1) is 21.4 Å².